The van der Waals surface area contributed by atoms with Crippen LogP contribution in [0.25, 0.3) is 0 Å². The highest BCUT2D eigenvalue weighted by Crippen LogP contribution is 2.40. The maximum atomic E-state index is 6.33. The molecule has 1 spiro atoms. The average molecular weight is 546 g/mol. The largest absolute Gasteiger partial charge is 0.371 e. The molecule has 0 aliphatic carbocycles. The average Bonchev–Trinajstić information content (AvgIpc) is 2.90. The number of nitrogens with zero attached hydrogens (tertiary/aromatic N) is 6. The summed E-state index contributed by atoms with van der Waals surface area (Å²) in [5.41, 5.74) is 2.79. The molecule has 1 aromatic heterocycles. The number of benzene rings is 1. The van der Waals surface area contributed by atoms with Crippen molar-refractivity contribution in [2.24, 2.45) is 4.99 Å². The molecule has 2 saturated heterocycles. The van der Waals surface area contributed by atoms with Crippen molar-refractivity contribution in [3.63, 3.8) is 0 Å². The molecule has 1 aromatic carbocycles. The smallest absolute Gasteiger partial charge is 0.128 e. The van der Waals surface area contributed by atoms with Crippen molar-refractivity contribution in [1.29, 1.82) is 0 Å². The first-order valence-corrected chi connectivity index (χ1v) is 13.9. The molecule has 0 saturated carbocycles. The van der Waals surface area contributed by atoms with E-state index in [0.29, 0.717) is 16.6 Å². The number of piperazine rings is 1. The van der Waals surface area contributed by atoms with Crippen molar-refractivity contribution >= 4 is 46.2 Å². The molecule has 5 rings (SSSR count). The topological polar surface area (TPSA) is 62.3 Å². The summed E-state index contributed by atoms with van der Waals surface area (Å²) >= 11 is 12.7. The van der Waals surface area contributed by atoms with Crippen LogP contribution in [0.15, 0.2) is 35.5 Å². The minimum absolute atomic E-state index is 0.244. The first-order chi connectivity index (χ1) is 17.8. The van der Waals surface area contributed by atoms with E-state index < -0.39 is 0 Å². The van der Waals surface area contributed by atoms with Crippen LogP contribution in [-0.4, -0.2) is 105 Å². The number of fused-ring (bicyclic) bond motifs is 1. The van der Waals surface area contributed by atoms with Gasteiger partial charge in [0.05, 0.1) is 33.5 Å². The summed E-state index contributed by atoms with van der Waals surface area (Å²) in [5, 5.41) is 8.46. The molecule has 3 aliphatic heterocycles. The Bertz CT molecular complexity index is 1120. The maximum Gasteiger partial charge on any atom is 0.128 e. The summed E-state index contributed by atoms with van der Waals surface area (Å²) in [6, 6.07) is 8.01. The highest BCUT2D eigenvalue weighted by Gasteiger charge is 2.42. The molecule has 10 heteroatoms. The number of anilines is 3. The van der Waals surface area contributed by atoms with E-state index in [2.05, 4.69) is 68.5 Å². The predicted molar refractivity (Wildman–Crippen MR) is 156 cm³/mol. The highest BCUT2D eigenvalue weighted by molar-refractivity contribution is 6.42. The van der Waals surface area contributed by atoms with Crippen molar-refractivity contribution in [3.8, 4) is 0 Å². The fourth-order valence-electron chi connectivity index (χ4n) is 5.29. The van der Waals surface area contributed by atoms with Gasteiger partial charge < -0.3 is 25.3 Å². The van der Waals surface area contributed by atoms with Crippen molar-refractivity contribution in [2.45, 2.75) is 24.9 Å². The van der Waals surface area contributed by atoms with Gasteiger partial charge in [-0.1, -0.05) is 23.2 Å². The van der Waals surface area contributed by atoms with Gasteiger partial charge in [0.2, 0.25) is 0 Å². The minimum atomic E-state index is -0.244. The molecule has 3 aliphatic rings. The number of piperidine rings is 1. The second-order valence-electron chi connectivity index (χ2n) is 10.7. The van der Waals surface area contributed by atoms with Gasteiger partial charge in [0, 0.05) is 65.6 Å². The van der Waals surface area contributed by atoms with Gasteiger partial charge in [0.15, 0.2) is 0 Å². The zero-order valence-electron chi connectivity index (χ0n) is 22.1. The van der Waals surface area contributed by atoms with Gasteiger partial charge in [-0.05, 0) is 56.8 Å². The van der Waals surface area contributed by atoms with Crippen molar-refractivity contribution in [2.75, 3.05) is 89.0 Å². The molecule has 0 amide bonds. The van der Waals surface area contributed by atoms with E-state index >= 15 is 0 Å². The number of likely N-dealkylation sites (tertiary alicyclic amines) is 1. The Morgan fingerprint density at radius 3 is 2.38 bits per heavy atom. The minimum Gasteiger partial charge on any atom is -0.371 e. The lowest BCUT2D eigenvalue weighted by atomic mass is 9.84. The van der Waals surface area contributed by atoms with Gasteiger partial charge in [0.1, 0.15) is 11.7 Å². The van der Waals surface area contributed by atoms with E-state index in [1.165, 1.54) is 0 Å². The van der Waals surface area contributed by atoms with Crippen molar-refractivity contribution in [3.05, 3.63) is 46.1 Å². The summed E-state index contributed by atoms with van der Waals surface area (Å²) in [6.45, 7) is 9.14. The van der Waals surface area contributed by atoms with E-state index in [4.69, 9.17) is 28.2 Å². The van der Waals surface area contributed by atoms with E-state index in [0.717, 1.165) is 93.8 Å². The van der Waals surface area contributed by atoms with Crippen LogP contribution in [-0.2, 0) is 6.54 Å². The number of aliphatic imine (C=N–C) groups is 1. The van der Waals surface area contributed by atoms with Crippen LogP contribution < -0.4 is 15.5 Å². The molecule has 37 heavy (non-hydrogen) atoms. The quantitative estimate of drug-likeness (QED) is 0.570. The number of nitrogens with one attached hydrogen (secondary N) is 2. The number of rotatable bonds is 6. The van der Waals surface area contributed by atoms with Crippen molar-refractivity contribution in [1.82, 2.24) is 19.7 Å². The Labute approximate surface area is 230 Å². The predicted octanol–water partition coefficient (Wildman–Crippen LogP) is 3.97. The normalized spacial score (nSPS) is 21.5. The summed E-state index contributed by atoms with van der Waals surface area (Å²) in [6.07, 6.45) is 3.82. The molecular weight excluding hydrogens is 507 g/mol. The van der Waals surface area contributed by atoms with Crippen LogP contribution >= 0.6 is 23.2 Å². The molecule has 4 heterocycles. The zero-order valence-corrected chi connectivity index (χ0v) is 23.6. The van der Waals surface area contributed by atoms with Gasteiger partial charge in [0.25, 0.3) is 0 Å². The Kier molecular flexibility index (Phi) is 8.12. The number of hydrogen-bond acceptors (Lipinski definition) is 7. The Hall–Kier alpha value is -2.10. The summed E-state index contributed by atoms with van der Waals surface area (Å²) in [7, 11) is 6.49. The van der Waals surface area contributed by atoms with E-state index in [-0.39, 0.29) is 5.54 Å². The van der Waals surface area contributed by atoms with E-state index in [1.807, 2.05) is 18.3 Å². The standard InChI is InChI=1S/C27H38Cl2N8/c1-34-8-5-27(6-9-34)26(32-23-17-21(28)22(29)18-24(23)33-27)31-19-20-4-7-30-25(16-20)36(3)12-15-37-13-10-35(2)11-14-37/h4,7,16-18,33H,5-6,8-15,19H2,1-3H3,(H,31,32). The van der Waals surface area contributed by atoms with Gasteiger partial charge in [-0.2, -0.15) is 0 Å². The lowest BCUT2D eigenvalue weighted by Gasteiger charge is -2.46. The van der Waals surface area contributed by atoms with Crippen LogP contribution in [0, 0.1) is 0 Å². The molecule has 0 radical (unpaired) electrons. The number of aromatic nitrogens is 1. The first kappa shape index (κ1) is 26.5. The second kappa shape index (κ2) is 11.3. The molecule has 8 nitrogen and oxygen atoms in total. The molecule has 0 unspecified atom stereocenters. The summed E-state index contributed by atoms with van der Waals surface area (Å²) in [5.74, 6) is 1.95. The van der Waals surface area contributed by atoms with Gasteiger partial charge in [-0.15, -0.1) is 0 Å². The Morgan fingerprint density at radius 2 is 1.65 bits per heavy atom. The van der Waals surface area contributed by atoms with E-state index in [9.17, 15) is 0 Å². The molecule has 0 bridgehead atoms. The molecule has 200 valence electrons. The van der Waals surface area contributed by atoms with Crippen LogP contribution in [0.5, 0.6) is 0 Å². The highest BCUT2D eigenvalue weighted by atomic mass is 35.5. The molecular formula is C27H38Cl2N8. The summed E-state index contributed by atoms with van der Waals surface area (Å²) < 4.78 is 0. The van der Waals surface area contributed by atoms with Crippen LogP contribution in [0.2, 0.25) is 10.0 Å². The number of pyridine rings is 1. The Morgan fingerprint density at radius 1 is 0.973 bits per heavy atom. The van der Waals surface area contributed by atoms with Gasteiger partial charge in [-0.25, -0.2) is 4.98 Å². The summed E-state index contributed by atoms with van der Waals surface area (Å²) in [4.78, 5) is 19.3. The monoisotopic (exact) mass is 544 g/mol. The lowest BCUT2D eigenvalue weighted by molar-refractivity contribution is 0.157. The molecule has 2 fully saturated rings. The molecule has 2 aromatic rings. The molecule has 2 N–H and O–H groups in total. The van der Waals surface area contributed by atoms with Crippen LogP contribution in [0.3, 0.4) is 0 Å². The number of halogens is 2. The third kappa shape index (κ3) is 6.15. The second-order valence-corrected chi connectivity index (χ2v) is 11.5. The first-order valence-electron chi connectivity index (χ1n) is 13.2. The maximum absolute atomic E-state index is 6.33. The number of amidine groups is 1. The van der Waals surface area contributed by atoms with Gasteiger partial charge >= 0.3 is 0 Å². The number of likely N-dealkylation sites (N-methyl/N-ethyl adjacent to an activating group) is 2. The van der Waals surface area contributed by atoms with Crippen molar-refractivity contribution < 1.29 is 0 Å². The fraction of sp³-hybridized carbons (Fsp3) is 0.556. The van der Waals surface area contributed by atoms with Gasteiger partial charge in [-0.3, -0.25) is 9.89 Å². The SMILES string of the molecule is CN1CCN(CCN(C)c2cc(CN=C3Nc4cc(Cl)c(Cl)cc4NC34CCN(C)CC4)ccn2)CC1. The molecule has 0 atom stereocenters. The fourth-order valence-corrected chi connectivity index (χ4v) is 5.61. The van der Waals surface area contributed by atoms with Crippen LogP contribution in [0.4, 0.5) is 17.2 Å². The van der Waals surface area contributed by atoms with Crippen LogP contribution in [0.1, 0.15) is 18.4 Å². The zero-order chi connectivity index (χ0) is 26.0. The number of hydrogen-bond donors (Lipinski definition) is 2. The lowest BCUT2D eigenvalue weighted by Crippen LogP contribution is -2.58. The van der Waals surface area contributed by atoms with E-state index in [1.54, 1.807) is 0 Å². The third-order valence-corrected chi connectivity index (χ3v) is 8.67. The Balaban J connectivity index is 1.30. The third-order valence-electron chi connectivity index (χ3n) is 7.95.